The van der Waals surface area contributed by atoms with Gasteiger partial charge in [-0.3, -0.25) is 14.6 Å². The summed E-state index contributed by atoms with van der Waals surface area (Å²) in [5.74, 6) is 0.445. The van der Waals surface area contributed by atoms with Crippen molar-refractivity contribution in [3.63, 3.8) is 0 Å². The molecule has 1 amide bonds. The van der Waals surface area contributed by atoms with Gasteiger partial charge < -0.3 is 14.4 Å². The molecule has 1 saturated heterocycles. The first-order chi connectivity index (χ1) is 26.5. The van der Waals surface area contributed by atoms with Crippen LogP contribution in [-0.2, 0) is 33.1 Å². The van der Waals surface area contributed by atoms with Crippen LogP contribution in [0.3, 0.4) is 0 Å². The summed E-state index contributed by atoms with van der Waals surface area (Å²) in [7, 11) is -2.11. The predicted molar refractivity (Wildman–Crippen MR) is 219 cm³/mol. The van der Waals surface area contributed by atoms with E-state index in [0.717, 1.165) is 94.3 Å². The van der Waals surface area contributed by atoms with Crippen molar-refractivity contribution in [1.82, 2.24) is 19.5 Å². The zero-order valence-electron chi connectivity index (χ0n) is 32.2. The molecule has 1 saturated carbocycles. The van der Waals surface area contributed by atoms with Gasteiger partial charge in [-0.2, -0.15) is 0 Å². The zero-order valence-corrected chi connectivity index (χ0v) is 34.6. The van der Waals surface area contributed by atoms with E-state index in [9.17, 15) is 13.2 Å². The van der Waals surface area contributed by atoms with E-state index in [-0.39, 0.29) is 17.3 Å². The first-order valence-corrected chi connectivity index (χ1v) is 22.8. The van der Waals surface area contributed by atoms with E-state index in [0.29, 0.717) is 36.8 Å². The topological polar surface area (TPSA) is 104 Å². The van der Waals surface area contributed by atoms with Crippen LogP contribution in [0.5, 0.6) is 5.75 Å². The van der Waals surface area contributed by atoms with E-state index in [2.05, 4.69) is 54.1 Å². The number of nitrogens with zero attached hydrogens (tertiary/aromatic N) is 4. The van der Waals surface area contributed by atoms with E-state index in [1.54, 1.807) is 24.3 Å². The molecule has 0 unspecified atom stereocenters. The molecule has 2 fully saturated rings. The molecule has 6 atom stereocenters. The van der Waals surface area contributed by atoms with E-state index < -0.39 is 26.8 Å². The van der Waals surface area contributed by atoms with Gasteiger partial charge in [0, 0.05) is 80.8 Å². The van der Waals surface area contributed by atoms with Gasteiger partial charge in [-0.25, -0.2) is 18.1 Å². The van der Waals surface area contributed by atoms with E-state index in [1.165, 1.54) is 11.1 Å². The summed E-state index contributed by atoms with van der Waals surface area (Å²) < 4.78 is 43.1. The van der Waals surface area contributed by atoms with Crippen molar-refractivity contribution in [2.45, 2.75) is 75.2 Å². The van der Waals surface area contributed by atoms with E-state index in [1.807, 2.05) is 37.7 Å². The van der Waals surface area contributed by atoms with Crippen molar-refractivity contribution in [1.29, 1.82) is 0 Å². The number of amides is 1. The van der Waals surface area contributed by atoms with Crippen molar-refractivity contribution < 1.29 is 22.7 Å². The Morgan fingerprint density at radius 1 is 1.09 bits per heavy atom. The Balaban J connectivity index is 1.15. The third-order valence-electron chi connectivity index (χ3n) is 13.4. The van der Waals surface area contributed by atoms with Gasteiger partial charge in [0.15, 0.2) is 0 Å². The largest absolute Gasteiger partial charge is 0.490 e. The number of rotatable bonds is 5. The number of aryl methyl sites for hydroxylation is 1. The van der Waals surface area contributed by atoms with Gasteiger partial charge in [0.1, 0.15) is 11.4 Å². The maximum atomic E-state index is 13.7. The number of halogens is 1. The molecule has 13 heteroatoms. The fraction of sp³-hybridized carbons (Fsp3) is 0.571. The van der Waals surface area contributed by atoms with Crippen molar-refractivity contribution >= 4 is 44.6 Å². The molecule has 2 aromatic carbocycles. The minimum absolute atomic E-state index is 0.226. The quantitative estimate of drug-likeness (QED) is 0.288. The molecule has 55 heavy (non-hydrogen) atoms. The Morgan fingerprint density at radius 3 is 2.65 bits per heavy atom. The second-order valence-corrected chi connectivity index (χ2v) is 19.9. The summed E-state index contributed by atoms with van der Waals surface area (Å²) in [6.45, 7) is 11.1. The molecule has 1 aromatic heterocycles. The molecular formula is C42H54ClN5O5S2. The Bertz CT molecular complexity index is 2000. The predicted octanol–water partition coefficient (Wildman–Crippen LogP) is 6.54. The molecule has 0 radical (unpaired) electrons. The number of ether oxygens (including phenoxy) is 2. The number of methoxy groups -OCH3 is 1. The van der Waals surface area contributed by atoms with Gasteiger partial charge >= 0.3 is 0 Å². The lowest BCUT2D eigenvalue weighted by Gasteiger charge is -2.52. The van der Waals surface area contributed by atoms with Crippen LogP contribution in [0.2, 0.25) is 5.02 Å². The molecule has 5 aliphatic rings. The van der Waals surface area contributed by atoms with Crippen molar-refractivity contribution in [3.05, 3.63) is 86.8 Å². The second-order valence-electron chi connectivity index (χ2n) is 16.7. The Kier molecular flexibility index (Phi) is 11.1. The molecule has 1 N–H and O–H groups in total. The molecule has 3 aromatic rings. The van der Waals surface area contributed by atoms with Crippen LogP contribution in [-0.4, -0.2) is 99.5 Å². The molecular weight excluding hydrogens is 754 g/mol. The van der Waals surface area contributed by atoms with Gasteiger partial charge in [-0.05, 0) is 105 Å². The summed E-state index contributed by atoms with van der Waals surface area (Å²) in [5.41, 5.74) is 5.90. The van der Waals surface area contributed by atoms with Crippen molar-refractivity contribution in [3.8, 4) is 5.75 Å². The highest BCUT2D eigenvalue weighted by molar-refractivity contribution is 7.90. The number of carbonyl (C=O) groups excluding carboxylic acids is 1. The average Bonchev–Trinajstić information content (AvgIpc) is 3.62. The fourth-order valence-corrected chi connectivity index (χ4v) is 11.8. The lowest BCUT2D eigenvalue weighted by atomic mass is 9.63. The minimum Gasteiger partial charge on any atom is -0.490 e. The number of piperazine rings is 1. The first-order valence-electron chi connectivity index (χ1n) is 19.9. The molecule has 2 aliphatic carbocycles. The van der Waals surface area contributed by atoms with Crippen LogP contribution in [0.4, 0.5) is 5.69 Å². The van der Waals surface area contributed by atoms with Crippen LogP contribution in [0.25, 0.3) is 0 Å². The number of aromatic nitrogens is 1. The van der Waals surface area contributed by atoms with Gasteiger partial charge in [0.25, 0.3) is 5.91 Å². The number of allylic oxidation sites excluding steroid dienone is 1. The second kappa shape index (κ2) is 15.7. The molecule has 8 rings (SSSR count). The molecule has 3 aliphatic heterocycles. The lowest BCUT2D eigenvalue weighted by Crippen LogP contribution is -2.59. The average molecular weight is 809 g/mol. The smallest absolute Gasteiger partial charge is 0.264 e. The number of fused-ring (bicyclic) bond motifs is 4. The number of carbonyl (C=O) groups is 1. The van der Waals surface area contributed by atoms with E-state index >= 15 is 0 Å². The van der Waals surface area contributed by atoms with Crippen molar-refractivity contribution in [2.24, 2.45) is 17.8 Å². The van der Waals surface area contributed by atoms with Crippen molar-refractivity contribution in [2.75, 3.05) is 64.4 Å². The van der Waals surface area contributed by atoms with Crippen LogP contribution in [0, 0.1) is 17.8 Å². The summed E-state index contributed by atoms with van der Waals surface area (Å²) >= 11 is 8.16. The molecule has 10 nitrogen and oxygen atoms in total. The highest BCUT2D eigenvalue weighted by atomic mass is 35.5. The third kappa shape index (κ3) is 7.84. The van der Waals surface area contributed by atoms with Crippen LogP contribution in [0.1, 0.15) is 73.1 Å². The zero-order chi connectivity index (χ0) is 38.4. The van der Waals surface area contributed by atoms with Crippen LogP contribution < -0.4 is 14.4 Å². The number of thiazole rings is 1. The monoisotopic (exact) mass is 807 g/mol. The normalized spacial score (nSPS) is 32.0. The highest BCUT2D eigenvalue weighted by Crippen LogP contribution is 2.49. The summed E-state index contributed by atoms with van der Waals surface area (Å²) in [6, 6.07) is 11.7. The summed E-state index contributed by atoms with van der Waals surface area (Å²) in [5, 5.41) is 2.09. The molecule has 296 valence electrons. The number of hydrogen-bond donors (Lipinski definition) is 1. The summed E-state index contributed by atoms with van der Waals surface area (Å²) in [6.07, 6.45) is 10.0. The number of hydrogen-bond acceptors (Lipinski definition) is 10. The fourth-order valence-electron chi connectivity index (χ4n) is 9.81. The van der Waals surface area contributed by atoms with Crippen LogP contribution >= 0.6 is 22.9 Å². The number of sulfonamides is 1. The molecule has 1 spiro atoms. The Hall–Kier alpha value is -3.00. The van der Waals surface area contributed by atoms with Gasteiger partial charge in [0.05, 0.1) is 28.7 Å². The third-order valence-corrected chi connectivity index (χ3v) is 16.2. The van der Waals surface area contributed by atoms with Gasteiger partial charge in [0.2, 0.25) is 10.0 Å². The first kappa shape index (κ1) is 38.9. The number of anilines is 1. The Morgan fingerprint density at radius 2 is 1.91 bits per heavy atom. The highest BCUT2D eigenvalue weighted by Gasteiger charge is 2.50. The van der Waals surface area contributed by atoms with Crippen LogP contribution in [0.15, 0.2) is 59.4 Å². The molecule has 4 heterocycles. The van der Waals surface area contributed by atoms with Gasteiger partial charge in [-0.1, -0.05) is 36.7 Å². The lowest BCUT2D eigenvalue weighted by molar-refractivity contribution is -0.0956. The maximum Gasteiger partial charge on any atom is 0.264 e. The number of nitrogens with one attached hydrogen (secondary N) is 1. The SMILES string of the molecule is CO[C@]1(CN2CCN(Cc3cscn3)CC2)/C=C\C[C@H](C)[C@@H](C)S(=O)(=O)NC(=O)c2ccc3c(c2)N(C[C@@H]2CC[C@H]21)C[C@@]1(CCCc2cc(Cl)ccc21)CO3. The minimum atomic E-state index is -3.96. The standard InChI is InChI=1S/C42H54ClN5O5S2/c1-29-6-4-15-42(52-3,26-47-18-16-46(17-19-47)23-35-24-54-28-44-35)37-11-8-33(37)22-48-25-41(14-5-7-31-20-34(43)10-12-36(31)41)27-53-39-13-9-32(21-38(39)48)40(49)45-55(50,51)30(29)2/h4,9-10,12-13,15,20-21,24,28-30,33,37H,5-8,11,14,16-19,22-23,25-27H2,1-3H3,(H,45,49)/b15-4-/t29-,30+,33-,37+,41-,42-/m0/s1. The van der Waals surface area contributed by atoms with E-state index in [4.69, 9.17) is 21.1 Å². The maximum absolute atomic E-state index is 13.7. The Labute approximate surface area is 335 Å². The molecule has 2 bridgehead atoms. The summed E-state index contributed by atoms with van der Waals surface area (Å²) in [4.78, 5) is 25.7. The number of benzene rings is 2. The van der Waals surface area contributed by atoms with Gasteiger partial charge in [-0.15, -0.1) is 11.3 Å².